The highest BCUT2D eigenvalue weighted by atomic mass is 16.5. The molecule has 0 aliphatic heterocycles. The smallest absolute Gasteiger partial charge is 0.310 e. The van der Waals surface area contributed by atoms with Crippen LogP contribution in [-0.4, -0.2) is 13.1 Å². The quantitative estimate of drug-likeness (QED) is 0.771. The predicted molar refractivity (Wildman–Crippen MR) is 72.9 cm³/mol. The Labute approximate surface area is 112 Å². The molecule has 0 N–H and O–H groups in total. The van der Waals surface area contributed by atoms with Crippen molar-refractivity contribution < 1.29 is 14.3 Å². The van der Waals surface area contributed by atoms with Gasteiger partial charge in [-0.3, -0.25) is 4.79 Å². The SMILES string of the molecule is COc1ccc(COC(=O)Cc2ccccc2)cc1. The Balaban J connectivity index is 1.83. The Morgan fingerprint density at radius 2 is 1.63 bits per heavy atom. The minimum absolute atomic E-state index is 0.220. The molecule has 0 saturated carbocycles. The monoisotopic (exact) mass is 256 g/mol. The molecule has 0 heterocycles. The number of benzene rings is 2. The van der Waals surface area contributed by atoms with E-state index in [4.69, 9.17) is 9.47 Å². The lowest BCUT2D eigenvalue weighted by Crippen LogP contribution is -2.07. The van der Waals surface area contributed by atoms with Crippen LogP contribution in [0.2, 0.25) is 0 Å². The number of esters is 1. The summed E-state index contributed by atoms with van der Waals surface area (Å²) in [6, 6.07) is 17.0. The summed E-state index contributed by atoms with van der Waals surface area (Å²) in [6.07, 6.45) is 0.303. The van der Waals surface area contributed by atoms with E-state index < -0.39 is 0 Å². The van der Waals surface area contributed by atoms with Gasteiger partial charge in [-0.05, 0) is 23.3 Å². The number of ether oxygens (including phenoxy) is 2. The summed E-state index contributed by atoms with van der Waals surface area (Å²) >= 11 is 0. The molecule has 0 aliphatic rings. The Bertz CT molecular complexity index is 517. The van der Waals surface area contributed by atoms with Crippen LogP contribution in [0.5, 0.6) is 5.75 Å². The van der Waals surface area contributed by atoms with Gasteiger partial charge < -0.3 is 9.47 Å². The Kier molecular flexibility index (Phi) is 4.56. The van der Waals surface area contributed by atoms with Crippen LogP contribution in [0, 0.1) is 0 Å². The van der Waals surface area contributed by atoms with Gasteiger partial charge in [0, 0.05) is 0 Å². The van der Waals surface area contributed by atoms with Crippen molar-refractivity contribution in [3.8, 4) is 5.75 Å². The molecule has 0 aliphatic carbocycles. The molecule has 0 aromatic heterocycles. The Morgan fingerprint density at radius 3 is 2.26 bits per heavy atom. The molecule has 0 saturated heterocycles. The van der Waals surface area contributed by atoms with E-state index >= 15 is 0 Å². The first-order chi connectivity index (χ1) is 9.28. The standard InChI is InChI=1S/C16H16O3/c1-18-15-9-7-14(8-10-15)12-19-16(17)11-13-5-3-2-4-6-13/h2-10H,11-12H2,1H3. The molecule has 3 nitrogen and oxygen atoms in total. The normalized spacial score (nSPS) is 9.95. The first-order valence-electron chi connectivity index (χ1n) is 6.10. The lowest BCUT2D eigenvalue weighted by Gasteiger charge is -2.06. The molecule has 2 aromatic rings. The van der Waals surface area contributed by atoms with Crippen molar-refractivity contribution in [3.05, 3.63) is 65.7 Å². The van der Waals surface area contributed by atoms with Crippen LogP contribution in [0.25, 0.3) is 0 Å². The van der Waals surface area contributed by atoms with Gasteiger partial charge in [-0.15, -0.1) is 0 Å². The van der Waals surface area contributed by atoms with E-state index in [1.54, 1.807) is 7.11 Å². The van der Waals surface area contributed by atoms with Crippen LogP contribution in [0.4, 0.5) is 0 Å². The average molecular weight is 256 g/mol. The van der Waals surface area contributed by atoms with Crippen LogP contribution in [-0.2, 0) is 22.6 Å². The lowest BCUT2D eigenvalue weighted by molar-refractivity contribution is -0.144. The molecular formula is C16H16O3. The Hall–Kier alpha value is -2.29. The number of rotatable bonds is 5. The molecule has 98 valence electrons. The Morgan fingerprint density at radius 1 is 0.947 bits per heavy atom. The first-order valence-corrected chi connectivity index (χ1v) is 6.10. The molecule has 2 aromatic carbocycles. The van der Waals surface area contributed by atoms with Gasteiger partial charge >= 0.3 is 5.97 Å². The van der Waals surface area contributed by atoms with E-state index in [1.807, 2.05) is 54.6 Å². The van der Waals surface area contributed by atoms with E-state index in [2.05, 4.69) is 0 Å². The van der Waals surface area contributed by atoms with Crippen molar-refractivity contribution in [1.29, 1.82) is 0 Å². The minimum atomic E-state index is -0.220. The largest absolute Gasteiger partial charge is 0.497 e. The molecule has 19 heavy (non-hydrogen) atoms. The maximum absolute atomic E-state index is 11.7. The molecule has 2 rings (SSSR count). The summed E-state index contributed by atoms with van der Waals surface area (Å²) in [5.74, 6) is 0.571. The van der Waals surface area contributed by atoms with Crippen molar-refractivity contribution in [2.45, 2.75) is 13.0 Å². The van der Waals surface area contributed by atoms with Crippen LogP contribution in [0.15, 0.2) is 54.6 Å². The molecular weight excluding hydrogens is 240 g/mol. The summed E-state index contributed by atoms with van der Waals surface area (Å²) in [5, 5.41) is 0. The highest BCUT2D eigenvalue weighted by Gasteiger charge is 2.04. The van der Waals surface area contributed by atoms with E-state index in [1.165, 1.54) is 0 Å². The molecule has 0 radical (unpaired) electrons. The maximum Gasteiger partial charge on any atom is 0.310 e. The van der Waals surface area contributed by atoms with E-state index in [0.29, 0.717) is 6.42 Å². The second-order valence-electron chi connectivity index (χ2n) is 4.17. The third-order valence-electron chi connectivity index (χ3n) is 2.75. The van der Waals surface area contributed by atoms with E-state index in [-0.39, 0.29) is 12.6 Å². The minimum Gasteiger partial charge on any atom is -0.497 e. The number of methoxy groups -OCH3 is 1. The van der Waals surface area contributed by atoms with Crippen molar-refractivity contribution >= 4 is 5.97 Å². The molecule has 3 heteroatoms. The summed E-state index contributed by atoms with van der Waals surface area (Å²) in [6.45, 7) is 0.287. The highest BCUT2D eigenvalue weighted by molar-refractivity contribution is 5.72. The van der Waals surface area contributed by atoms with Gasteiger partial charge in [0.15, 0.2) is 0 Å². The highest BCUT2D eigenvalue weighted by Crippen LogP contribution is 2.12. The fourth-order valence-corrected chi connectivity index (χ4v) is 1.70. The summed E-state index contributed by atoms with van der Waals surface area (Å²) in [4.78, 5) is 11.7. The van der Waals surface area contributed by atoms with Crippen LogP contribution in [0.3, 0.4) is 0 Å². The van der Waals surface area contributed by atoms with Crippen LogP contribution < -0.4 is 4.74 Å². The van der Waals surface area contributed by atoms with Gasteiger partial charge in [0.25, 0.3) is 0 Å². The van der Waals surface area contributed by atoms with Gasteiger partial charge in [-0.1, -0.05) is 42.5 Å². The maximum atomic E-state index is 11.7. The summed E-state index contributed by atoms with van der Waals surface area (Å²) in [5.41, 5.74) is 1.91. The number of hydrogen-bond donors (Lipinski definition) is 0. The summed E-state index contributed by atoms with van der Waals surface area (Å²) in [7, 11) is 1.62. The van der Waals surface area contributed by atoms with Crippen molar-refractivity contribution in [2.75, 3.05) is 7.11 Å². The zero-order valence-corrected chi connectivity index (χ0v) is 10.8. The molecule has 0 fully saturated rings. The van der Waals surface area contributed by atoms with Gasteiger partial charge in [-0.25, -0.2) is 0 Å². The predicted octanol–water partition coefficient (Wildman–Crippen LogP) is 2.98. The van der Waals surface area contributed by atoms with Crippen LogP contribution in [0.1, 0.15) is 11.1 Å². The van der Waals surface area contributed by atoms with Crippen LogP contribution >= 0.6 is 0 Å². The molecule has 0 bridgehead atoms. The van der Waals surface area contributed by atoms with Gasteiger partial charge in [0.05, 0.1) is 13.5 Å². The molecule has 0 amide bonds. The number of hydrogen-bond acceptors (Lipinski definition) is 3. The van der Waals surface area contributed by atoms with Crippen molar-refractivity contribution in [3.63, 3.8) is 0 Å². The second-order valence-corrected chi connectivity index (χ2v) is 4.17. The zero-order valence-electron chi connectivity index (χ0n) is 10.8. The lowest BCUT2D eigenvalue weighted by atomic mass is 10.1. The van der Waals surface area contributed by atoms with Gasteiger partial charge in [0.2, 0.25) is 0 Å². The van der Waals surface area contributed by atoms with Gasteiger partial charge in [0.1, 0.15) is 12.4 Å². The summed E-state index contributed by atoms with van der Waals surface area (Å²) < 4.78 is 10.3. The molecule has 0 atom stereocenters. The first kappa shape index (κ1) is 13.1. The van der Waals surface area contributed by atoms with Crippen molar-refractivity contribution in [2.24, 2.45) is 0 Å². The third-order valence-corrected chi connectivity index (χ3v) is 2.75. The fourth-order valence-electron chi connectivity index (χ4n) is 1.70. The fraction of sp³-hybridized carbons (Fsp3) is 0.188. The topological polar surface area (TPSA) is 35.5 Å². The average Bonchev–Trinajstić information content (AvgIpc) is 2.47. The van der Waals surface area contributed by atoms with Crippen molar-refractivity contribution in [1.82, 2.24) is 0 Å². The van der Waals surface area contributed by atoms with E-state index in [9.17, 15) is 4.79 Å². The van der Waals surface area contributed by atoms with E-state index in [0.717, 1.165) is 16.9 Å². The second kappa shape index (κ2) is 6.59. The third kappa shape index (κ3) is 4.14. The molecule has 0 spiro atoms. The number of carbonyl (C=O) groups is 1. The zero-order chi connectivity index (χ0) is 13.5. The number of carbonyl (C=O) groups excluding carboxylic acids is 1. The molecule has 0 unspecified atom stereocenters. The van der Waals surface area contributed by atoms with Gasteiger partial charge in [-0.2, -0.15) is 0 Å².